The van der Waals surface area contributed by atoms with E-state index in [1.807, 2.05) is 38.1 Å². The molecule has 1 aromatic carbocycles. The topological polar surface area (TPSA) is 62.1 Å². The molecule has 24 heavy (non-hydrogen) atoms. The van der Waals surface area contributed by atoms with Gasteiger partial charge in [-0.05, 0) is 63.6 Å². The van der Waals surface area contributed by atoms with Gasteiger partial charge in [-0.2, -0.15) is 5.26 Å². The number of halogens is 1. The van der Waals surface area contributed by atoms with Gasteiger partial charge in [0.25, 0.3) is 0 Å². The lowest BCUT2D eigenvalue weighted by atomic mass is 9.96. The number of nitrogens with zero attached hydrogens (tertiary/aromatic N) is 1. The number of benzene rings is 1. The van der Waals surface area contributed by atoms with E-state index < -0.39 is 11.1 Å². The van der Waals surface area contributed by atoms with E-state index in [0.717, 1.165) is 37.7 Å². The maximum Gasteiger partial charge on any atom is 0.226 e. The Hall–Kier alpha value is -1.57. The Morgan fingerprint density at radius 1 is 1.33 bits per heavy atom. The van der Waals surface area contributed by atoms with Crippen LogP contribution in [0.5, 0.6) is 0 Å². The summed E-state index contributed by atoms with van der Waals surface area (Å²) >= 11 is 5.96. The monoisotopic (exact) mass is 346 g/mol. The van der Waals surface area contributed by atoms with Crippen LogP contribution in [-0.2, 0) is 15.1 Å². The van der Waals surface area contributed by atoms with Gasteiger partial charge in [-0.25, -0.2) is 0 Å². The summed E-state index contributed by atoms with van der Waals surface area (Å²) < 4.78 is 6.34. The van der Waals surface area contributed by atoms with Gasteiger partial charge in [-0.3, -0.25) is 4.79 Å². The van der Waals surface area contributed by atoms with Crippen LogP contribution in [0.3, 0.4) is 0 Å². The minimum atomic E-state index is -0.615. The van der Waals surface area contributed by atoms with Crippen molar-refractivity contribution in [2.24, 2.45) is 5.92 Å². The van der Waals surface area contributed by atoms with Crippen LogP contribution in [0.2, 0.25) is 5.02 Å². The lowest BCUT2D eigenvalue weighted by Gasteiger charge is -2.32. The number of hydrogen-bond acceptors (Lipinski definition) is 3. The van der Waals surface area contributed by atoms with E-state index in [0.29, 0.717) is 5.02 Å². The van der Waals surface area contributed by atoms with Crippen LogP contribution in [-0.4, -0.2) is 17.6 Å². The van der Waals surface area contributed by atoms with Crippen molar-refractivity contribution < 1.29 is 9.53 Å². The zero-order chi connectivity index (χ0) is 17.4. The van der Waals surface area contributed by atoms with Gasteiger partial charge in [0.1, 0.15) is 5.54 Å². The molecule has 1 amide bonds. The first-order valence-corrected chi connectivity index (χ1v) is 8.90. The van der Waals surface area contributed by atoms with Gasteiger partial charge in [0, 0.05) is 5.02 Å². The van der Waals surface area contributed by atoms with Crippen LogP contribution in [0.15, 0.2) is 24.3 Å². The Balaban J connectivity index is 1.68. The second kappa shape index (κ2) is 6.38. The molecule has 2 aliphatic carbocycles. The van der Waals surface area contributed by atoms with Crippen LogP contribution in [0, 0.1) is 17.2 Å². The van der Waals surface area contributed by atoms with Crippen molar-refractivity contribution in [2.45, 2.75) is 63.2 Å². The number of amides is 1. The summed E-state index contributed by atoms with van der Waals surface area (Å²) in [6.45, 7) is 4.03. The quantitative estimate of drug-likeness (QED) is 0.878. The summed E-state index contributed by atoms with van der Waals surface area (Å²) in [4.78, 5) is 12.6. The molecule has 4 nitrogen and oxygen atoms in total. The lowest BCUT2D eigenvalue weighted by Crippen LogP contribution is -2.44. The molecule has 5 heteroatoms. The number of nitriles is 1. The van der Waals surface area contributed by atoms with Gasteiger partial charge in [0.2, 0.25) is 5.91 Å². The van der Waals surface area contributed by atoms with Gasteiger partial charge in [-0.1, -0.05) is 23.7 Å². The van der Waals surface area contributed by atoms with Crippen LogP contribution in [0.25, 0.3) is 0 Å². The molecule has 1 aromatic rings. The van der Waals surface area contributed by atoms with E-state index in [9.17, 15) is 4.79 Å². The highest BCUT2D eigenvalue weighted by molar-refractivity contribution is 6.30. The number of carbonyl (C=O) groups excluding carboxylic acids is 1. The largest absolute Gasteiger partial charge is 0.367 e. The number of ether oxygens (including phenoxy) is 1. The fourth-order valence-corrected chi connectivity index (χ4v) is 3.51. The molecule has 0 saturated heterocycles. The second-order valence-electron chi connectivity index (χ2n) is 7.39. The summed E-state index contributed by atoms with van der Waals surface area (Å²) in [5.41, 5.74) is -0.0748. The molecule has 1 N–H and O–H groups in total. The van der Waals surface area contributed by atoms with Crippen LogP contribution < -0.4 is 5.32 Å². The molecule has 128 valence electrons. The first kappa shape index (κ1) is 17.3. The molecular formula is C19H23ClN2O2. The third-order valence-electron chi connectivity index (χ3n) is 5.10. The van der Waals surface area contributed by atoms with Crippen LogP contribution in [0.4, 0.5) is 0 Å². The Morgan fingerprint density at radius 3 is 2.58 bits per heavy atom. The fourth-order valence-electron chi connectivity index (χ4n) is 3.38. The standard InChI is InChI=1S/C19H23ClN2O2/c1-18(2,13-6-8-14(20)9-7-13)24-16-5-3-4-15(16)17(23)22-19(12-21)10-11-19/h6-9,15-16H,3-5,10-11H2,1-2H3,(H,22,23)/t15?,16-/m0/s1. The van der Waals surface area contributed by atoms with Crippen molar-refractivity contribution in [3.8, 4) is 6.07 Å². The van der Waals surface area contributed by atoms with Crippen molar-refractivity contribution in [3.05, 3.63) is 34.9 Å². The third-order valence-corrected chi connectivity index (χ3v) is 5.35. The summed E-state index contributed by atoms with van der Waals surface area (Å²) in [6, 6.07) is 9.84. The molecular weight excluding hydrogens is 324 g/mol. The first-order valence-electron chi connectivity index (χ1n) is 8.52. The molecule has 0 radical (unpaired) electrons. The molecule has 3 rings (SSSR count). The van der Waals surface area contributed by atoms with Gasteiger partial charge >= 0.3 is 0 Å². The number of nitrogens with one attached hydrogen (secondary N) is 1. The average molecular weight is 347 g/mol. The summed E-state index contributed by atoms with van der Waals surface area (Å²) in [5, 5.41) is 12.8. The predicted octanol–water partition coefficient (Wildman–Crippen LogP) is 3.93. The van der Waals surface area contributed by atoms with Crippen LogP contribution in [0.1, 0.15) is 51.5 Å². The SMILES string of the molecule is CC(C)(O[C@H]1CCCC1C(=O)NC1(C#N)CC1)c1ccc(Cl)cc1. The van der Waals surface area contributed by atoms with Crippen molar-refractivity contribution >= 4 is 17.5 Å². The summed E-state index contributed by atoms with van der Waals surface area (Å²) in [6.07, 6.45) is 4.04. The molecule has 0 heterocycles. The molecule has 1 unspecified atom stereocenters. The van der Waals surface area contributed by atoms with E-state index in [-0.39, 0.29) is 17.9 Å². The van der Waals surface area contributed by atoms with Gasteiger partial charge in [0.15, 0.2) is 0 Å². The number of rotatable bonds is 5. The zero-order valence-electron chi connectivity index (χ0n) is 14.1. The molecule has 2 atom stereocenters. The van der Waals surface area contributed by atoms with E-state index >= 15 is 0 Å². The molecule has 0 aromatic heterocycles. The third kappa shape index (κ3) is 3.58. The molecule has 2 fully saturated rings. The van der Waals surface area contributed by atoms with Gasteiger partial charge in [-0.15, -0.1) is 0 Å². The van der Waals surface area contributed by atoms with Crippen molar-refractivity contribution in [2.75, 3.05) is 0 Å². The van der Waals surface area contributed by atoms with E-state index in [1.165, 1.54) is 0 Å². The smallest absolute Gasteiger partial charge is 0.226 e. The molecule has 2 aliphatic rings. The first-order chi connectivity index (χ1) is 11.4. The zero-order valence-corrected chi connectivity index (χ0v) is 14.9. The molecule has 2 saturated carbocycles. The van der Waals surface area contributed by atoms with Crippen LogP contribution >= 0.6 is 11.6 Å². The Labute approximate surface area is 148 Å². The van der Waals surface area contributed by atoms with E-state index in [4.69, 9.17) is 21.6 Å². The Kier molecular flexibility index (Phi) is 4.59. The van der Waals surface area contributed by atoms with Crippen molar-refractivity contribution in [3.63, 3.8) is 0 Å². The van der Waals surface area contributed by atoms with E-state index in [2.05, 4.69) is 11.4 Å². The van der Waals surface area contributed by atoms with Gasteiger partial charge < -0.3 is 10.1 Å². The second-order valence-corrected chi connectivity index (χ2v) is 7.83. The van der Waals surface area contributed by atoms with Crippen molar-refractivity contribution in [1.29, 1.82) is 5.26 Å². The normalized spacial score (nSPS) is 25.1. The van der Waals surface area contributed by atoms with E-state index in [1.54, 1.807) is 0 Å². The van der Waals surface area contributed by atoms with Gasteiger partial charge in [0.05, 0.1) is 23.7 Å². The lowest BCUT2D eigenvalue weighted by molar-refractivity contribution is -0.137. The highest BCUT2D eigenvalue weighted by Gasteiger charge is 2.47. The maximum atomic E-state index is 12.6. The Bertz CT molecular complexity index is 659. The highest BCUT2D eigenvalue weighted by Crippen LogP contribution is 2.38. The average Bonchev–Trinajstić information content (AvgIpc) is 3.16. The molecule has 0 aliphatic heterocycles. The number of hydrogen-bond donors (Lipinski definition) is 1. The predicted molar refractivity (Wildman–Crippen MR) is 92.4 cm³/mol. The minimum Gasteiger partial charge on any atom is -0.367 e. The molecule has 0 bridgehead atoms. The highest BCUT2D eigenvalue weighted by atomic mass is 35.5. The fraction of sp³-hybridized carbons (Fsp3) is 0.579. The minimum absolute atomic E-state index is 0.0385. The maximum absolute atomic E-state index is 12.6. The summed E-state index contributed by atoms with van der Waals surface area (Å²) in [5.74, 6) is -0.217. The number of carbonyl (C=O) groups is 1. The molecule has 0 spiro atoms. The summed E-state index contributed by atoms with van der Waals surface area (Å²) in [7, 11) is 0. The van der Waals surface area contributed by atoms with Crippen molar-refractivity contribution in [1.82, 2.24) is 5.32 Å². The Morgan fingerprint density at radius 2 is 2.00 bits per heavy atom.